The number of carbonyl (C=O) groups excluding carboxylic acids is 1. The molecular formula is C14H14N2O2. The summed E-state index contributed by atoms with van der Waals surface area (Å²) in [5.74, 6) is 0. The van der Waals surface area contributed by atoms with E-state index in [0.29, 0.717) is 0 Å². The van der Waals surface area contributed by atoms with E-state index in [1.54, 1.807) is 19.3 Å². The topological polar surface area (TPSA) is 65.2 Å². The zero-order valence-electron chi connectivity index (χ0n) is 10.0. The summed E-state index contributed by atoms with van der Waals surface area (Å²) in [5, 5.41) is 0. The van der Waals surface area contributed by atoms with Gasteiger partial charge in [-0.25, -0.2) is 4.79 Å². The van der Waals surface area contributed by atoms with E-state index in [4.69, 9.17) is 10.5 Å². The molecule has 0 unspecified atom stereocenters. The van der Waals surface area contributed by atoms with Crippen molar-refractivity contribution in [2.45, 2.75) is 13.0 Å². The van der Waals surface area contributed by atoms with Crippen LogP contribution in [0.3, 0.4) is 0 Å². The van der Waals surface area contributed by atoms with Crippen molar-refractivity contribution in [2.24, 2.45) is 5.73 Å². The van der Waals surface area contributed by atoms with Crippen LogP contribution in [0.2, 0.25) is 0 Å². The minimum Gasteiger partial charge on any atom is -0.442 e. The molecule has 1 amide bonds. The normalized spacial score (nSPS) is 11.8. The standard InChI is InChI=1S/C14H14N2O2/c1-10(18-14(15)17)11-2-4-12(5-3-11)13-6-8-16-9-7-13/h2-10H,1H3,(H2,15,17)/t10-/m0/s1. The fourth-order valence-electron chi connectivity index (χ4n) is 1.73. The molecule has 4 nitrogen and oxygen atoms in total. The van der Waals surface area contributed by atoms with Crippen LogP contribution in [-0.4, -0.2) is 11.1 Å². The van der Waals surface area contributed by atoms with Crippen LogP contribution in [0.5, 0.6) is 0 Å². The molecule has 0 aliphatic carbocycles. The molecule has 0 saturated carbocycles. The van der Waals surface area contributed by atoms with Crippen molar-refractivity contribution in [3.63, 3.8) is 0 Å². The molecule has 2 rings (SSSR count). The molecule has 4 heteroatoms. The van der Waals surface area contributed by atoms with Crippen LogP contribution in [0.4, 0.5) is 4.79 Å². The number of hydrogen-bond acceptors (Lipinski definition) is 3. The molecule has 1 aromatic carbocycles. The third-order valence-electron chi connectivity index (χ3n) is 2.69. The van der Waals surface area contributed by atoms with Crippen LogP contribution in [0.25, 0.3) is 11.1 Å². The zero-order valence-corrected chi connectivity index (χ0v) is 10.0. The lowest BCUT2D eigenvalue weighted by Gasteiger charge is -2.12. The Morgan fingerprint density at radius 1 is 1.11 bits per heavy atom. The van der Waals surface area contributed by atoms with Crippen molar-refractivity contribution in [2.75, 3.05) is 0 Å². The molecule has 1 aromatic heterocycles. The van der Waals surface area contributed by atoms with Gasteiger partial charge in [-0.15, -0.1) is 0 Å². The number of carbonyl (C=O) groups is 1. The molecule has 0 spiro atoms. The van der Waals surface area contributed by atoms with Gasteiger partial charge < -0.3 is 10.5 Å². The van der Waals surface area contributed by atoms with Crippen LogP contribution in [0.15, 0.2) is 48.8 Å². The Hall–Kier alpha value is -2.36. The summed E-state index contributed by atoms with van der Waals surface area (Å²) >= 11 is 0. The SMILES string of the molecule is C[C@H](OC(N)=O)c1ccc(-c2ccncc2)cc1. The number of ether oxygens (including phenoxy) is 1. The van der Waals surface area contributed by atoms with Crippen LogP contribution in [0, 0.1) is 0 Å². The smallest absolute Gasteiger partial charge is 0.405 e. The maximum Gasteiger partial charge on any atom is 0.405 e. The van der Waals surface area contributed by atoms with E-state index in [-0.39, 0.29) is 6.10 Å². The van der Waals surface area contributed by atoms with Gasteiger partial charge in [-0.1, -0.05) is 24.3 Å². The molecule has 2 aromatic rings. The van der Waals surface area contributed by atoms with Gasteiger partial charge in [0.1, 0.15) is 6.10 Å². The van der Waals surface area contributed by atoms with Crippen molar-refractivity contribution < 1.29 is 9.53 Å². The fourth-order valence-corrected chi connectivity index (χ4v) is 1.73. The molecule has 18 heavy (non-hydrogen) atoms. The van der Waals surface area contributed by atoms with Crippen LogP contribution in [-0.2, 0) is 4.74 Å². The van der Waals surface area contributed by atoms with Gasteiger partial charge in [0.05, 0.1) is 0 Å². The van der Waals surface area contributed by atoms with E-state index < -0.39 is 6.09 Å². The lowest BCUT2D eigenvalue weighted by Crippen LogP contribution is -2.15. The average Bonchev–Trinajstić information content (AvgIpc) is 2.39. The van der Waals surface area contributed by atoms with Crippen molar-refractivity contribution in [3.8, 4) is 11.1 Å². The lowest BCUT2D eigenvalue weighted by atomic mass is 10.0. The van der Waals surface area contributed by atoms with E-state index in [1.165, 1.54) is 0 Å². The Labute approximate surface area is 105 Å². The molecule has 0 radical (unpaired) electrons. The van der Waals surface area contributed by atoms with Crippen LogP contribution in [0.1, 0.15) is 18.6 Å². The van der Waals surface area contributed by atoms with Gasteiger partial charge in [0, 0.05) is 12.4 Å². The molecule has 0 bridgehead atoms. The number of rotatable bonds is 3. The summed E-state index contributed by atoms with van der Waals surface area (Å²) in [7, 11) is 0. The highest BCUT2D eigenvalue weighted by Gasteiger charge is 2.08. The van der Waals surface area contributed by atoms with Gasteiger partial charge in [0.2, 0.25) is 0 Å². The van der Waals surface area contributed by atoms with Crippen molar-refractivity contribution in [1.29, 1.82) is 0 Å². The molecular weight excluding hydrogens is 228 g/mol. The molecule has 1 heterocycles. The van der Waals surface area contributed by atoms with Gasteiger partial charge in [-0.2, -0.15) is 0 Å². The largest absolute Gasteiger partial charge is 0.442 e. The van der Waals surface area contributed by atoms with E-state index in [2.05, 4.69) is 4.98 Å². The predicted molar refractivity (Wildman–Crippen MR) is 68.8 cm³/mol. The van der Waals surface area contributed by atoms with Crippen molar-refractivity contribution in [3.05, 3.63) is 54.4 Å². The maximum absolute atomic E-state index is 10.7. The highest BCUT2D eigenvalue weighted by molar-refractivity contribution is 5.65. The van der Waals surface area contributed by atoms with Gasteiger partial charge in [0.25, 0.3) is 0 Å². The van der Waals surface area contributed by atoms with Crippen LogP contribution >= 0.6 is 0 Å². The highest BCUT2D eigenvalue weighted by Crippen LogP contribution is 2.22. The summed E-state index contributed by atoms with van der Waals surface area (Å²) in [5.41, 5.74) is 8.08. The Morgan fingerprint density at radius 3 is 2.22 bits per heavy atom. The summed E-state index contributed by atoms with van der Waals surface area (Å²) in [6.45, 7) is 1.78. The third-order valence-corrected chi connectivity index (χ3v) is 2.69. The molecule has 2 N–H and O–H groups in total. The number of pyridine rings is 1. The second-order valence-electron chi connectivity index (χ2n) is 3.94. The van der Waals surface area contributed by atoms with Crippen molar-refractivity contribution >= 4 is 6.09 Å². The first-order valence-corrected chi connectivity index (χ1v) is 5.63. The Balaban J connectivity index is 2.18. The first-order valence-electron chi connectivity index (χ1n) is 5.63. The second kappa shape index (κ2) is 5.31. The van der Waals surface area contributed by atoms with Gasteiger partial charge in [0.15, 0.2) is 0 Å². The summed E-state index contributed by atoms with van der Waals surface area (Å²) in [6, 6.07) is 11.7. The molecule has 0 aliphatic rings. The monoisotopic (exact) mass is 242 g/mol. The molecule has 0 saturated heterocycles. The van der Waals surface area contributed by atoms with Gasteiger partial charge >= 0.3 is 6.09 Å². The van der Waals surface area contributed by atoms with Gasteiger partial charge in [-0.3, -0.25) is 4.98 Å². The molecule has 0 fully saturated rings. The van der Waals surface area contributed by atoms with E-state index in [0.717, 1.165) is 16.7 Å². The predicted octanol–water partition coefficient (Wildman–Crippen LogP) is 2.90. The molecule has 92 valence electrons. The lowest BCUT2D eigenvalue weighted by molar-refractivity contribution is 0.116. The minimum absolute atomic E-state index is 0.339. The number of primary amides is 1. The number of nitrogens with zero attached hydrogens (tertiary/aromatic N) is 1. The minimum atomic E-state index is -0.763. The fraction of sp³-hybridized carbons (Fsp3) is 0.143. The summed E-state index contributed by atoms with van der Waals surface area (Å²) in [4.78, 5) is 14.6. The number of amides is 1. The number of aromatic nitrogens is 1. The third kappa shape index (κ3) is 2.85. The van der Waals surface area contributed by atoms with Crippen LogP contribution < -0.4 is 5.73 Å². The van der Waals surface area contributed by atoms with Gasteiger partial charge in [-0.05, 0) is 35.7 Å². The second-order valence-corrected chi connectivity index (χ2v) is 3.94. The number of benzene rings is 1. The van der Waals surface area contributed by atoms with E-state index in [9.17, 15) is 4.79 Å². The molecule has 1 atom stereocenters. The van der Waals surface area contributed by atoms with Crippen molar-refractivity contribution in [1.82, 2.24) is 4.98 Å². The summed E-state index contributed by atoms with van der Waals surface area (Å²) in [6.07, 6.45) is 2.40. The summed E-state index contributed by atoms with van der Waals surface area (Å²) < 4.78 is 4.91. The average molecular weight is 242 g/mol. The Kier molecular flexibility index (Phi) is 3.57. The van der Waals surface area contributed by atoms with E-state index in [1.807, 2.05) is 36.4 Å². The quantitative estimate of drug-likeness (QED) is 0.899. The Bertz CT molecular complexity index is 523. The first-order chi connectivity index (χ1) is 8.66. The van der Waals surface area contributed by atoms with E-state index >= 15 is 0 Å². The number of nitrogens with two attached hydrogens (primary N) is 1. The Morgan fingerprint density at radius 2 is 1.67 bits per heavy atom. The molecule has 0 aliphatic heterocycles. The zero-order chi connectivity index (χ0) is 13.0. The maximum atomic E-state index is 10.7. The number of hydrogen-bond donors (Lipinski definition) is 1. The highest BCUT2D eigenvalue weighted by atomic mass is 16.6. The first kappa shape index (κ1) is 12.1.